The lowest BCUT2D eigenvalue weighted by Crippen LogP contribution is -2.67. The Bertz CT molecular complexity index is 1300. The van der Waals surface area contributed by atoms with E-state index in [0.29, 0.717) is 18.3 Å². The molecule has 0 aliphatic heterocycles. The number of ether oxygens (including phenoxy) is 1. The van der Waals surface area contributed by atoms with Crippen LogP contribution in [0.25, 0.3) is 6.08 Å². The van der Waals surface area contributed by atoms with Crippen LogP contribution in [0.2, 0.25) is 0 Å². The molecule has 5 aliphatic rings. The quantitative estimate of drug-likeness (QED) is 0.183. The Labute approximate surface area is 257 Å². The number of rotatable bonds is 4. The average Bonchev–Trinajstić information content (AvgIpc) is 3.27. The van der Waals surface area contributed by atoms with Crippen molar-refractivity contribution in [1.29, 1.82) is 0 Å². The molecule has 1 aromatic rings. The Balaban J connectivity index is 1.25. The van der Waals surface area contributed by atoms with Crippen LogP contribution in [0, 0.1) is 44.8 Å². The van der Waals surface area contributed by atoms with Gasteiger partial charge in [0.05, 0.1) is 18.8 Å². The number of hydrogen-bond donors (Lipinski definition) is 4. The molecule has 4 N–H and O–H groups in total. The zero-order chi connectivity index (χ0) is 31.0. The number of carbonyl (C=O) groups is 1. The largest absolute Gasteiger partial charge is 0.508 e. The molecule has 1 aromatic carbocycles. The first kappa shape index (κ1) is 30.9. The first-order valence-corrected chi connectivity index (χ1v) is 16.5. The van der Waals surface area contributed by atoms with E-state index in [1.165, 1.54) is 18.1 Å². The molecule has 4 fully saturated rings. The van der Waals surface area contributed by atoms with Crippen LogP contribution in [-0.2, 0) is 9.53 Å². The van der Waals surface area contributed by atoms with E-state index in [1.807, 2.05) is 6.92 Å². The van der Waals surface area contributed by atoms with E-state index < -0.39 is 23.6 Å². The molecule has 0 heterocycles. The van der Waals surface area contributed by atoms with Gasteiger partial charge in [-0.1, -0.05) is 52.8 Å². The highest BCUT2D eigenvalue weighted by Crippen LogP contribution is 2.71. The minimum absolute atomic E-state index is 0.0124. The van der Waals surface area contributed by atoms with Crippen LogP contribution >= 0.6 is 0 Å². The number of hydrogen-bond acceptors (Lipinski definition) is 6. The van der Waals surface area contributed by atoms with Crippen LogP contribution in [0.15, 0.2) is 42.0 Å². The van der Waals surface area contributed by atoms with Crippen molar-refractivity contribution in [1.82, 2.24) is 0 Å². The molecular weight excluding hydrogens is 540 g/mol. The van der Waals surface area contributed by atoms with Gasteiger partial charge in [0.1, 0.15) is 11.9 Å². The fourth-order valence-electron chi connectivity index (χ4n) is 11.5. The third kappa shape index (κ3) is 4.82. The minimum atomic E-state index is -0.891. The third-order valence-electron chi connectivity index (χ3n) is 13.4. The van der Waals surface area contributed by atoms with E-state index in [-0.39, 0.29) is 46.0 Å². The van der Waals surface area contributed by atoms with Crippen molar-refractivity contribution in [3.05, 3.63) is 47.6 Å². The van der Waals surface area contributed by atoms with Gasteiger partial charge < -0.3 is 25.2 Å². The molecule has 43 heavy (non-hydrogen) atoms. The Morgan fingerprint density at radius 2 is 1.67 bits per heavy atom. The maximum Gasteiger partial charge on any atom is 0.331 e. The van der Waals surface area contributed by atoms with Crippen molar-refractivity contribution in [2.24, 2.45) is 44.8 Å². The summed E-state index contributed by atoms with van der Waals surface area (Å²) in [6, 6.07) is 6.53. The normalized spacial score (nSPS) is 45.3. The summed E-state index contributed by atoms with van der Waals surface area (Å²) in [6.45, 7) is 11.2. The molecule has 6 rings (SSSR count). The van der Waals surface area contributed by atoms with Crippen molar-refractivity contribution in [3.63, 3.8) is 0 Å². The van der Waals surface area contributed by atoms with Crippen molar-refractivity contribution in [2.45, 2.75) is 111 Å². The molecule has 0 bridgehead atoms. The lowest BCUT2D eigenvalue weighted by molar-refractivity contribution is -0.241. The molecule has 5 aliphatic carbocycles. The van der Waals surface area contributed by atoms with E-state index in [2.05, 4.69) is 33.8 Å². The third-order valence-corrected chi connectivity index (χ3v) is 13.4. The van der Waals surface area contributed by atoms with Crippen molar-refractivity contribution in [2.75, 3.05) is 6.61 Å². The maximum absolute atomic E-state index is 13.0. The van der Waals surface area contributed by atoms with Gasteiger partial charge >= 0.3 is 5.97 Å². The lowest BCUT2D eigenvalue weighted by atomic mass is 9.37. The van der Waals surface area contributed by atoms with E-state index in [4.69, 9.17) is 4.74 Å². The SMILES string of the molecule is CC1(C)CC[C@]2(CC[C@@H]3C(=CC[C@@H]4[C@@]5(C)C[C@@H](O)[C@H](OC(=O)/C=C/c6ccc(O)cc6)[C@@](C)(CO)[C@@H]5CC[C@]43C)[C@H]2O)C1. The standard InChI is InChI=1S/C37H52O6/c1-33(2)18-19-37(21-33)17-14-26-25(31(37)42)11-12-28-34(26,3)16-15-29-35(28,4)20-27(40)32(36(29,5)22-38)43-30(41)13-8-23-6-9-24(39)10-7-23/h6-11,13,26-29,31-32,38-40,42H,12,14-22H2,1-5H3/b13-8+/t26-,27-,28+,29-,31-,32+,34+,35-,36+,37-/m1/s1. The molecular formula is C37H52O6. The fraction of sp³-hybridized carbons (Fsp3) is 0.703. The number of esters is 1. The number of phenolic OH excluding ortho intramolecular Hbond substituents is 1. The second-order valence-corrected chi connectivity index (χ2v) is 16.5. The van der Waals surface area contributed by atoms with Crippen LogP contribution < -0.4 is 0 Å². The number of carbonyl (C=O) groups excluding carboxylic acids is 1. The summed E-state index contributed by atoms with van der Waals surface area (Å²) in [6.07, 6.45) is 12.1. The van der Waals surface area contributed by atoms with E-state index in [0.717, 1.165) is 50.5 Å². The summed E-state index contributed by atoms with van der Waals surface area (Å²) in [5, 5.41) is 43.9. The summed E-state index contributed by atoms with van der Waals surface area (Å²) in [5.74, 6) is 0.329. The average molecular weight is 593 g/mol. The smallest absolute Gasteiger partial charge is 0.331 e. The van der Waals surface area contributed by atoms with Crippen molar-refractivity contribution >= 4 is 12.0 Å². The highest BCUT2D eigenvalue weighted by Gasteiger charge is 2.67. The summed E-state index contributed by atoms with van der Waals surface area (Å²) < 4.78 is 5.95. The topological polar surface area (TPSA) is 107 Å². The van der Waals surface area contributed by atoms with Crippen LogP contribution in [0.5, 0.6) is 5.75 Å². The van der Waals surface area contributed by atoms with Gasteiger partial charge in [-0.15, -0.1) is 0 Å². The van der Waals surface area contributed by atoms with E-state index in [1.54, 1.807) is 30.3 Å². The van der Waals surface area contributed by atoms with Gasteiger partial charge in [0, 0.05) is 16.9 Å². The molecule has 6 heteroatoms. The maximum atomic E-state index is 13.0. The predicted molar refractivity (Wildman–Crippen MR) is 167 cm³/mol. The summed E-state index contributed by atoms with van der Waals surface area (Å²) in [7, 11) is 0. The molecule has 0 radical (unpaired) electrons. The Morgan fingerprint density at radius 3 is 2.33 bits per heavy atom. The zero-order valence-corrected chi connectivity index (χ0v) is 26.7. The van der Waals surface area contributed by atoms with Crippen LogP contribution in [0.3, 0.4) is 0 Å². The van der Waals surface area contributed by atoms with Crippen LogP contribution in [0.4, 0.5) is 0 Å². The second-order valence-electron chi connectivity index (χ2n) is 16.5. The highest BCUT2D eigenvalue weighted by molar-refractivity contribution is 5.87. The first-order valence-electron chi connectivity index (χ1n) is 16.5. The summed E-state index contributed by atoms with van der Waals surface area (Å²) in [5.41, 5.74) is 1.31. The van der Waals surface area contributed by atoms with Gasteiger partial charge in [0.15, 0.2) is 0 Å². The number of allylic oxidation sites excluding steroid dienone is 1. The fourth-order valence-corrected chi connectivity index (χ4v) is 11.5. The number of phenols is 1. The van der Waals surface area contributed by atoms with Gasteiger partial charge in [-0.2, -0.15) is 0 Å². The first-order chi connectivity index (χ1) is 20.2. The van der Waals surface area contributed by atoms with Gasteiger partial charge in [-0.25, -0.2) is 4.79 Å². The summed E-state index contributed by atoms with van der Waals surface area (Å²) in [4.78, 5) is 13.0. The van der Waals surface area contributed by atoms with Gasteiger partial charge in [-0.05, 0) is 121 Å². The number of aliphatic hydroxyl groups is 3. The van der Waals surface area contributed by atoms with Crippen molar-refractivity contribution in [3.8, 4) is 5.75 Å². The zero-order valence-electron chi connectivity index (χ0n) is 26.7. The Kier molecular flexibility index (Phi) is 7.50. The number of aliphatic hydroxyl groups excluding tert-OH is 3. The molecule has 0 aromatic heterocycles. The van der Waals surface area contributed by atoms with E-state index >= 15 is 0 Å². The van der Waals surface area contributed by atoms with Crippen LogP contribution in [0.1, 0.15) is 98.0 Å². The molecule has 1 spiro atoms. The van der Waals surface area contributed by atoms with E-state index in [9.17, 15) is 25.2 Å². The number of fused-ring (bicyclic) bond motifs is 5. The molecule has 0 saturated heterocycles. The van der Waals surface area contributed by atoms with Gasteiger partial charge in [0.25, 0.3) is 0 Å². The molecule has 0 unspecified atom stereocenters. The Hall–Kier alpha value is -2.15. The molecule has 0 amide bonds. The lowest BCUT2D eigenvalue weighted by Gasteiger charge is -2.68. The van der Waals surface area contributed by atoms with Gasteiger partial charge in [-0.3, -0.25) is 0 Å². The molecule has 6 nitrogen and oxygen atoms in total. The summed E-state index contributed by atoms with van der Waals surface area (Å²) >= 11 is 0. The van der Waals surface area contributed by atoms with Crippen molar-refractivity contribution < 1.29 is 30.0 Å². The predicted octanol–water partition coefficient (Wildman–Crippen LogP) is 6.42. The molecule has 4 saturated carbocycles. The molecule has 236 valence electrons. The number of aromatic hydroxyl groups is 1. The highest BCUT2D eigenvalue weighted by atomic mass is 16.6. The van der Waals surface area contributed by atoms with Gasteiger partial charge in [0.2, 0.25) is 0 Å². The monoisotopic (exact) mass is 592 g/mol. The number of benzene rings is 1. The minimum Gasteiger partial charge on any atom is -0.508 e. The second kappa shape index (κ2) is 10.5. The molecule has 10 atom stereocenters. The van der Waals surface area contributed by atoms with Crippen LogP contribution in [-0.4, -0.2) is 51.3 Å². The Morgan fingerprint density at radius 1 is 0.953 bits per heavy atom.